The molecule has 0 heterocycles. The Bertz CT molecular complexity index is 282. The number of carbonyl (C=O) groups excluding carboxylic acids is 1. The van der Waals surface area contributed by atoms with E-state index in [4.69, 9.17) is 10.2 Å². The second-order valence-electron chi connectivity index (χ2n) is 4.87. The minimum Gasteiger partial charge on any atom is -0.479 e. The van der Waals surface area contributed by atoms with Crippen LogP contribution in [0.2, 0.25) is 0 Å². The molecule has 0 saturated carbocycles. The van der Waals surface area contributed by atoms with Gasteiger partial charge in [0.2, 0.25) is 0 Å². The predicted octanol–water partition coefficient (Wildman–Crippen LogP) is 1.43. The molecule has 2 amide bonds. The SMILES string of the molecule is CCCCCN(C(=O)NCCC(O)C(=O)O)C(C)C. The van der Waals surface area contributed by atoms with E-state index >= 15 is 0 Å². The maximum atomic E-state index is 11.9. The van der Waals surface area contributed by atoms with Crippen molar-refractivity contribution in [1.82, 2.24) is 10.2 Å². The first-order chi connectivity index (χ1) is 8.90. The fourth-order valence-corrected chi connectivity index (χ4v) is 1.67. The van der Waals surface area contributed by atoms with Crippen LogP contribution < -0.4 is 5.32 Å². The van der Waals surface area contributed by atoms with Crippen molar-refractivity contribution in [3.05, 3.63) is 0 Å². The molecule has 0 aliphatic heterocycles. The monoisotopic (exact) mass is 274 g/mol. The lowest BCUT2D eigenvalue weighted by molar-refractivity contribution is -0.146. The van der Waals surface area contributed by atoms with Gasteiger partial charge in [0.25, 0.3) is 0 Å². The van der Waals surface area contributed by atoms with Crippen LogP contribution >= 0.6 is 0 Å². The molecule has 1 unspecified atom stereocenters. The molecule has 0 spiro atoms. The first kappa shape index (κ1) is 17.7. The van der Waals surface area contributed by atoms with Crippen LogP contribution in [0.1, 0.15) is 46.5 Å². The maximum Gasteiger partial charge on any atom is 0.332 e. The van der Waals surface area contributed by atoms with Gasteiger partial charge in [0.15, 0.2) is 6.10 Å². The van der Waals surface area contributed by atoms with Crippen molar-refractivity contribution in [2.45, 2.75) is 58.6 Å². The molecular formula is C13H26N2O4. The van der Waals surface area contributed by atoms with Crippen LogP contribution in [-0.4, -0.2) is 52.3 Å². The lowest BCUT2D eigenvalue weighted by atomic mass is 10.2. The topological polar surface area (TPSA) is 89.9 Å². The Morgan fingerprint density at radius 1 is 1.26 bits per heavy atom. The molecule has 0 bridgehead atoms. The second kappa shape index (κ2) is 9.61. The lowest BCUT2D eigenvalue weighted by Crippen LogP contribution is -2.45. The molecule has 3 N–H and O–H groups in total. The summed E-state index contributed by atoms with van der Waals surface area (Å²) < 4.78 is 0. The summed E-state index contributed by atoms with van der Waals surface area (Å²) in [6.45, 7) is 6.84. The van der Waals surface area contributed by atoms with Crippen LogP contribution in [0.3, 0.4) is 0 Å². The maximum absolute atomic E-state index is 11.9. The van der Waals surface area contributed by atoms with Gasteiger partial charge < -0.3 is 20.4 Å². The van der Waals surface area contributed by atoms with Gasteiger partial charge in [0, 0.05) is 25.6 Å². The van der Waals surface area contributed by atoms with E-state index in [1.807, 2.05) is 13.8 Å². The van der Waals surface area contributed by atoms with Crippen molar-refractivity contribution in [3.8, 4) is 0 Å². The summed E-state index contributed by atoms with van der Waals surface area (Å²) in [5.41, 5.74) is 0. The van der Waals surface area contributed by atoms with Crippen molar-refractivity contribution in [2.24, 2.45) is 0 Å². The summed E-state index contributed by atoms with van der Waals surface area (Å²) in [5, 5.41) is 20.3. The normalized spacial score (nSPS) is 12.3. The zero-order valence-corrected chi connectivity index (χ0v) is 12.1. The summed E-state index contributed by atoms with van der Waals surface area (Å²) in [6.07, 6.45) is 1.72. The number of carboxylic acids is 1. The van der Waals surface area contributed by atoms with Crippen molar-refractivity contribution in [1.29, 1.82) is 0 Å². The van der Waals surface area contributed by atoms with Gasteiger partial charge in [-0.2, -0.15) is 0 Å². The van der Waals surface area contributed by atoms with Crippen molar-refractivity contribution in [2.75, 3.05) is 13.1 Å². The molecule has 0 aromatic carbocycles. The van der Waals surface area contributed by atoms with Gasteiger partial charge in [-0.05, 0) is 20.3 Å². The number of aliphatic carboxylic acids is 1. The van der Waals surface area contributed by atoms with Crippen molar-refractivity contribution < 1.29 is 19.8 Å². The number of unbranched alkanes of at least 4 members (excludes halogenated alkanes) is 2. The molecule has 0 aromatic rings. The molecular weight excluding hydrogens is 248 g/mol. The molecule has 1 atom stereocenters. The van der Waals surface area contributed by atoms with E-state index in [1.54, 1.807) is 4.90 Å². The Labute approximate surface area is 114 Å². The van der Waals surface area contributed by atoms with Crippen molar-refractivity contribution >= 4 is 12.0 Å². The van der Waals surface area contributed by atoms with E-state index in [1.165, 1.54) is 0 Å². The fourth-order valence-electron chi connectivity index (χ4n) is 1.67. The molecule has 19 heavy (non-hydrogen) atoms. The van der Waals surface area contributed by atoms with Crippen LogP contribution in [0.25, 0.3) is 0 Å². The van der Waals surface area contributed by atoms with Gasteiger partial charge in [0.1, 0.15) is 0 Å². The number of rotatable bonds is 9. The minimum absolute atomic E-state index is 0.0158. The highest BCUT2D eigenvalue weighted by Crippen LogP contribution is 2.04. The van der Waals surface area contributed by atoms with Gasteiger partial charge in [-0.3, -0.25) is 0 Å². The summed E-state index contributed by atoms with van der Waals surface area (Å²) in [7, 11) is 0. The first-order valence-electron chi connectivity index (χ1n) is 6.85. The van der Waals surface area contributed by atoms with Crippen LogP contribution in [-0.2, 0) is 4.79 Å². The molecule has 6 nitrogen and oxygen atoms in total. The molecule has 0 radical (unpaired) electrons. The third-order valence-electron chi connectivity index (χ3n) is 2.87. The van der Waals surface area contributed by atoms with E-state index in [9.17, 15) is 9.59 Å². The Balaban J connectivity index is 4.07. The molecule has 0 fully saturated rings. The smallest absolute Gasteiger partial charge is 0.332 e. The van der Waals surface area contributed by atoms with E-state index in [2.05, 4.69) is 12.2 Å². The largest absolute Gasteiger partial charge is 0.479 e. The quantitative estimate of drug-likeness (QED) is 0.555. The highest BCUT2D eigenvalue weighted by atomic mass is 16.4. The predicted molar refractivity (Wildman–Crippen MR) is 73.0 cm³/mol. The Morgan fingerprint density at radius 3 is 2.37 bits per heavy atom. The van der Waals surface area contributed by atoms with Crippen LogP contribution in [0.15, 0.2) is 0 Å². The zero-order chi connectivity index (χ0) is 14.8. The number of amides is 2. The third kappa shape index (κ3) is 7.66. The van der Waals surface area contributed by atoms with E-state index < -0.39 is 12.1 Å². The van der Waals surface area contributed by atoms with Gasteiger partial charge in [-0.15, -0.1) is 0 Å². The van der Waals surface area contributed by atoms with Crippen molar-refractivity contribution in [3.63, 3.8) is 0 Å². The molecule has 0 aromatic heterocycles. The zero-order valence-electron chi connectivity index (χ0n) is 12.1. The van der Waals surface area contributed by atoms with E-state index in [0.29, 0.717) is 6.54 Å². The lowest BCUT2D eigenvalue weighted by Gasteiger charge is -2.27. The number of nitrogens with one attached hydrogen (secondary N) is 1. The summed E-state index contributed by atoms with van der Waals surface area (Å²) >= 11 is 0. The number of aliphatic hydroxyl groups is 1. The number of urea groups is 1. The van der Waals surface area contributed by atoms with Crippen LogP contribution in [0, 0.1) is 0 Å². The molecule has 6 heteroatoms. The highest BCUT2D eigenvalue weighted by Gasteiger charge is 2.17. The Hall–Kier alpha value is -1.30. The van der Waals surface area contributed by atoms with E-state index in [-0.39, 0.29) is 25.0 Å². The number of nitrogens with zero attached hydrogens (tertiary/aromatic N) is 1. The van der Waals surface area contributed by atoms with Gasteiger partial charge in [0.05, 0.1) is 0 Å². The minimum atomic E-state index is -1.42. The Morgan fingerprint density at radius 2 is 1.89 bits per heavy atom. The summed E-state index contributed by atoms with van der Waals surface area (Å²) in [4.78, 5) is 24.1. The number of carbonyl (C=O) groups is 2. The number of hydrogen-bond donors (Lipinski definition) is 3. The standard InChI is InChI=1S/C13H26N2O4/c1-4-5-6-9-15(10(2)3)13(19)14-8-7-11(16)12(17)18/h10-11,16H,4-9H2,1-3H3,(H,14,19)(H,17,18). The highest BCUT2D eigenvalue weighted by molar-refractivity contribution is 5.75. The molecule has 0 saturated heterocycles. The number of hydrogen-bond acceptors (Lipinski definition) is 3. The van der Waals surface area contributed by atoms with Gasteiger partial charge in [-0.25, -0.2) is 9.59 Å². The van der Waals surface area contributed by atoms with Crippen LogP contribution in [0.5, 0.6) is 0 Å². The van der Waals surface area contributed by atoms with Crippen LogP contribution in [0.4, 0.5) is 4.79 Å². The van der Waals surface area contributed by atoms with Gasteiger partial charge >= 0.3 is 12.0 Å². The first-order valence-corrected chi connectivity index (χ1v) is 6.85. The molecule has 0 aliphatic rings. The molecule has 0 aliphatic carbocycles. The third-order valence-corrected chi connectivity index (χ3v) is 2.87. The Kier molecular flexibility index (Phi) is 8.95. The van der Waals surface area contributed by atoms with Gasteiger partial charge in [-0.1, -0.05) is 19.8 Å². The number of aliphatic hydroxyl groups excluding tert-OH is 1. The molecule has 112 valence electrons. The van der Waals surface area contributed by atoms with E-state index in [0.717, 1.165) is 19.3 Å². The molecule has 0 rings (SSSR count). The summed E-state index contributed by atoms with van der Waals surface area (Å²) in [5.74, 6) is -1.27. The number of carboxylic acid groups (broad SMARTS) is 1. The fraction of sp³-hybridized carbons (Fsp3) is 0.846. The average molecular weight is 274 g/mol. The average Bonchev–Trinajstić information content (AvgIpc) is 2.33. The summed E-state index contributed by atoms with van der Waals surface area (Å²) in [6, 6.07) is -0.107. The second-order valence-corrected chi connectivity index (χ2v) is 4.87.